The number of benzene rings is 1. The zero-order chi connectivity index (χ0) is 21.8. The molecule has 0 unspecified atom stereocenters. The maximum Gasteiger partial charge on any atom is 0.269 e. The predicted octanol–water partition coefficient (Wildman–Crippen LogP) is 3.78. The van der Waals surface area contributed by atoms with Crippen molar-refractivity contribution in [2.75, 3.05) is 36.4 Å². The highest BCUT2D eigenvalue weighted by Gasteiger charge is 2.16. The Morgan fingerprint density at radius 3 is 2.52 bits per heavy atom. The Labute approximate surface area is 182 Å². The molecule has 0 radical (unpaired) electrons. The Bertz CT molecular complexity index is 1150. The lowest BCUT2D eigenvalue weighted by molar-refractivity contribution is 0.472. The van der Waals surface area contributed by atoms with Gasteiger partial charge in [-0.15, -0.1) is 0 Å². The fraction of sp³-hybridized carbons (Fsp3) is 0.375. The van der Waals surface area contributed by atoms with E-state index in [1.165, 1.54) is 5.69 Å². The zero-order valence-electron chi connectivity index (χ0n) is 18.1. The number of nitrogens with one attached hydrogen (secondary N) is 2. The van der Waals surface area contributed by atoms with Crippen molar-refractivity contribution in [3.8, 4) is 6.07 Å². The van der Waals surface area contributed by atoms with Crippen molar-refractivity contribution in [1.29, 1.82) is 5.26 Å². The van der Waals surface area contributed by atoms with Crippen LogP contribution in [0.2, 0.25) is 0 Å². The summed E-state index contributed by atoms with van der Waals surface area (Å²) in [7, 11) is 0. The van der Waals surface area contributed by atoms with Crippen molar-refractivity contribution in [2.45, 2.75) is 32.7 Å². The topological polar surface area (TPSA) is 86.0 Å². The van der Waals surface area contributed by atoms with E-state index in [4.69, 9.17) is 0 Å². The van der Waals surface area contributed by atoms with E-state index in [0.717, 1.165) is 55.6 Å². The van der Waals surface area contributed by atoms with E-state index < -0.39 is 0 Å². The van der Waals surface area contributed by atoms with Crippen LogP contribution in [0.5, 0.6) is 0 Å². The molecule has 1 aromatic carbocycles. The zero-order valence-corrected chi connectivity index (χ0v) is 18.1. The molecule has 0 spiro atoms. The number of rotatable bonds is 6. The molecule has 1 fully saturated rings. The number of hydrogen-bond acceptors (Lipinski definition) is 6. The Morgan fingerprint density at radius 2 is 1.87 bits per heavy atom. The van der Waals surface area contributed by atoms with Gasteiger partial charge in [0.1, 0.15) is 17.5 Å². The van der Waals surface area contributed by atoms with Gasteiger partial charge in [0, 0.05) is 61.2 Å². The normalized spacial score (nSPS) is 14.1. The van der Waals surface area contributed by atoms with E-state index in [9.17, 15) is 10.1 Å². The summed E-state index contributed by atoms with van der Waals surface area (Å²) in [5.41, 5.74) is 2.88. The van der Waals surface area contributed by atoms with E-state index in [2.05, 4.69) is 58.6 Å². The molecule has 160 valence electrons. The first-order chi connectivity index (χ1) is 15.1. The summed E-state index contributed by atoms with van der Waals surface area (Å²) in [6.45, 7) is 8.16. The second kappa shape index (κ2) is 9.19. The summed E-state index contributed by atoms with van der Waals surface area (Å²) >= 11 is 0. The van der Waals surface area contributed by atoms with E-state index in [-0.39, 0.29) is 17.2 Å². The first kappa shape index (κ1) is 20.9. The molecule has 0 amide bonds. The molecule has 0 aliphatic carbocycles. The van der Waals surface area contributed by atoms with Gasteiger partial charge >= 0.3 is 0 Å². The van der Waals surface area contributed by atoms with Crippen molar-refractivity contribution >= 4 is 28.1 Å². The smallest absolute Gasteiger partial charge is 0.269 e. The van der Waals surface area contributed by atoms with Crippen LogP contribution in [-0.4, -0.2) is 35.7 Å². The van der Waals surface area contributed by atoms with Gasteiger partial charge in [0.25, 0.3) is 5.56 Å². The molecular weight excluding hydrogens is 388 g/mol. The van der Waals surface area contributed by atoms with E-state index in [0.29, 0.717) is 5.82 Å². The molecule has 0 bridgehead atoms. The summed E-state index contributed by atoms with van der Waals surface area (Å²) in [6, 6.07) is 14.0. The molecule has 0 atom stereocenters. The van der Waals surface area contributed by atoms with E-state index >= 15 is 0 Å². The van der Waals surface area contributed by atoms with Gasteiger partial charge in [-0.3, -0.25) is 4.79 Å². The van der Waals surface area contributed by atoms with Crippen LogP contribution in [0.1, 0.15) is 38.3 Å². The van der Waals surface area contributed by atoms with E-state index in [1.807, 2.05) is 12.1 Å². The first-order valence-corrected chi connectivity index (χ1v) is 10.9. The second-order valence-corrected chi connectivity index (χ2v) is 7.85. The Balaban J connectivity index is 1.66. The number of nitriles is 1. The molecule has 3 aromatic rings. The van der Waals surface area contributed by atoms with Crippen LogP contribution in [0.4, 0.5) is 17.2 Å². The quantitative estimate of drug-likeness (QED) is 0.636. The minimum atomic E-state index is -0.235. The largest absolute Gasteiger partial charge is 0.369 e. The Hall–Kier alpha value is -3.37. The van der Waals surface area contributed by atoms with Crippen LogP contribution in [0, 0.1) is 11.3 Å². The second-order valence-electron chi connectivity index (χ2n) is 7.85. The number of anilines is 3. The lowest BCUT2D eigenvalue weighted by Gasteiger charge is -2.29. The molecular formula is C24H28N6O. The highest BCUT2D eigenvalue weighted by molar-refractivity contribution is 5.82. The lowest BCUT2D eigenvalue weighted by Crippen LogP contribution is -2.43. The molecule has 31 heavy (non-hydrogen) atoms. The summed E-state index contributed by atoms with van der Waals surface area (Å²) in [6.07, 6.45) is 3.36. The molecule has 2 aromatic heterocycles. The van der Waals surface area contributed by atoms with Gasteiger partial charge in [-0.1, -0.05) is 13.8 Å². The van der Waals surface area contributed by atoms with Crippen LogP contribution >= 0.6 is 0 Å². The van der Waals surface area contributed by atoms with Crippen molar-refractivity contribution in [3.63, 3.8) is 0 Å². The number of fused-ring (bicyclic) bond motifs is 1. The van der Waals surface area contributed by atoms with Crippen LogP contribution in [0.3, 0.4) is 0 Å². The summed E-state index contributed by atoms with van der Waals surface area (Å²) in [5, 5.41) is 16.9. The lowest BCUT2D eigenvalue weighted by atomic mass is 10.1. The summed E-state index contributed by atoms with van der Waals surface area (Å²) < 4.78 is 1.76. The van der Waals surface area contributed by atoms with Gasteiger partial charge in [-0.2, -0.15) is 5.26 Å². The maximum absolute atomic E-state index is 12.9. The number of piperazine rings is 1. The fourth-order valence-corrected chi connectivity index (χ4v) is 4.22. The summed E-state index contributed by atoms with van der Waals surface area (Å²) in [5.74, 6) is 0.672. The molecule has 1 aliphatic heterocycles. The molecule has 2 N–H and O–H groups in total. The van der Waals surface area contributed by atoms with Gasteiger partial charge < -0.3 is 20.1 Å². The Morgan fingerprint density at radius 1 is 1.16 bits per heavy atom. The highest BCUT2D eigenvalue weighted by atomic mass is 16.1. The van der Waals surface area contributed by atoms with Gasteiger partial charge in [0.05, 0.1) is 5.52 Å². The monoisotopic (exact) mass is 416 g/mol. The van der Waals surface area contributed by atoms with Gasteiger partial charge in [0.15, 0.2) is 0 Å². The van der Waals surface area contributed by atoms with Gasteiger partial charge in [-0.25, -0.2) is 4.98 Å². The van der Waals surface area contributed by atoms with Gasteiger partial charge in [0.2, 0.25) is 0 Å². The van der Waals surface area contributed by atoms with Crippen LogP contribution in [0.25, 0.3) is 10.9 Å². The average Bonchev–Trinajstić information content (AvgIpc) is 2.82. The first-order valence-electron chi connectivity index (χ1n) is 10.9. The van der Waals surface area contributed by atoms with Crippen LogP contribution in [0.15, 0.2) is 47.4 Å². The van der Waals surface area contributed by atoms with Crippen molar-refractivity contribution in [3.05, 3.63) is 58.5 Å². The minimum Gasteiger partial charge on any atom is -0.369 e. The van der Waals surface area contributed by atoms with Crippen molar-refractivity contribution < 1.29 is 0 Å². The highest BCUT2D eigenvalue weighted by Crippen LogP contribution is 2.25. The molecule has 4 rings (SSSR count). The SMILES string of the molecule is CCC(CC)n1c(=O)c(C#N)cc2cnc(Nc3ccc(N4CCNCC4)cc3)cc21. The molecule has 1 saturated heterocycles. The molecule has 3 heterocycles. The maximum atomic E-state index is 12.9. The standard InChI is InChI=1S/C24H28N6O/c1-3-20(4-2)30-22-14-23(27-16-18(22)13-17(15-25)24(30)31)28-19-5-7-21(8-6-19)29-11-9-26-10-12-29/h5-8,13-14,16,20,26H,3-4,9-12H2,1-2H3,(H,27,28). The third kappa shape index (κ3) is 4.25. The fourth-order valence-electron chi connectivity index (χ4n) is 4.22. The number of pyridine rings is 2. The minimum absolute atomic E-state index is 0.0388. The molecule has 7 nitrogen and oxygen atoms in total. The number of hydrogen-bond donors (Lipinski definition) is 2. The Kier molecular flexibility index (Phi) is 6.19. The van der Waals surface area contributed by atoms with E-state index in [1.54, 1.807) is 16.8 Å². The van der Waals surface area contributed by atoms with Crippen LogP contribution < -0.4 is 21.1 Å². The molecule has 7 heteroatoms. The molecule has 1 aliphatic rings. The van der Waals surface area contributed by atoms with Crippen LogP contribution in [-0.2, 0) is 0 Å². The number of aromatic nitrogens is 2. The average molecular weight is 417 g/mol. The van der Waals surface area contributed by atoms with Crippen molar-refractivity contribution in [2.24, 2.45) is 0 Å². The third-order valence-electron chi connectivity index (χ3n) is 5.97. The van der Waals surface area contributed by atoms with Crippen molar-refractivity contribution in [1.82, 2.24) is 14.9 Å². The molecule has 0 saturated carbocycles. The number of nitrogens with zero attached hydrogens (tertiary/aromatic N) is 4. The predicted molar refractivity (Wildman–Crippen MR) is 125 cm³/mol. The third-order valence-corrected chi connectivity index (χ3v) is 5.97. The summed E-state index contributed by atoms with van der Waals surface area (Å²) in [4.78, 5) is 19.8. The van der Waals surface area contributed by atoms with Gasteiger partial charge in [-0.05, 0) is 43.2 Å².